The third-order valence-electron chi connectivity index (χ3n) is 4.15. The van der Waals surface area contributed by atoms with Crippen LogP contribution < -0.4 is 5.32 Å². The van der Waals surface area contributed by atoms with E-state index in [1.807, 2.05) is 35.4 Å². The fourth-order valence-electron chi connectivity index (χ4n) is 3.04. The van der Waals surface area contributed by atoms with Crippen molar-refractivity contribution in [2.75, 3.05) is 19.3 Å². The summed E-state index contributed by atoms with van der Waals surface area (Å²) in [5.41, 5.74) is 0.815. The van der Waals surface area contributed by atoms with Crippen molar-refractivity contribution in [2.24, 2.45) is 0 Å². The zero-order valence-electron chi connectivity index (χ0n) is 11.3. The van der Waals surface area contributed by atoms with Crippen LogP contribution in [-0.4, -0.2) is 42.2 Å². The number of likely N-dealkylation sites (tertiary alicyclic amines) is 1. The summed E-state index contributed by atoms with van der Waals surface area (Å²) >= 11 is 1.70. The van der Waals surface area contributed by atoms with Crippen molar-refractivity contribution >= 4 is 17.7 Å². The molecule has 1 N–H and O–H groups in total. The van der Waals surface area contributed by atoms with Gasteiger partial charge in [-0.2, -0.15) is 0 Å². The van der Waals surface area contributed by atoms with Crippen LogP contribution in [0, 0.1) is 0 Å². The Morgan fingerprint density at radius 1 is 1.21 bits per heavy atom. The van der Waals surface area contributed by atoms with Gasteiger partial charge in [-0.1, -0.05) is 0 Å². The molecule has 2 unspecified atom stereocenters. The van der Waals surface area contributed by atoms with Crippen molar-refractivity contribution in [2.45, 2.75) is 36.2 Å². The highest BCUT2D eigenvalue weighted by Crippen LogP contribution is 2.22. The van der Waals surface area contributed by atoms with Crippen LogP contribution >= 0.6 is 11.8 Å². The van der Waals surface area contributed by atoms with Gasteiger partial charge in [-0.3, -0.25) is 4.79 Å². The van der Waals surface area contributed by atoms with Gasteiger partial charge in [0.25, 0.3) is 5.91 Å². The highest BCUT2D eigenvalue weighted by Gasteiger charge is 2.31. The van der Waals surface area contributed by atoms with Gasteiger partial charge in [-0.15, -0.1) is 11.8 Å². The molecule has 2 fully saturated rings. The summed E-state index contributed by atoms with van der Waals surface area (Å²) < 4.78 is 0. The molecular weight excluding hydrogens is 256 g/mol. The fraction of sp³-hybridized carbons (Fsp3) is 0.533. The number of nitrogens with zero attached hydrogens (tertiary/aromatic N) is 1. The molecular formula is C15H20N2OS. The summed E-state index contributed by atoms with van der Waals surface area (Å²) in [7, 11) is 0. The summed E-state index contributed by atoms with van der Waals surface area (Å²) in [6.45, 7) is 1.75. The van der Waals surface area contributed by atoms with E-state index in [2.05, 4.69) is 5.32 Å². The van der Waals surface area contributed by atoms with E-state index in [0.29, 0.717) is 12.1 Å². The van der Waals surface area contributed by atoms with Crippen LogP contribution in [0.4, 0.5) is 0 Å². The van der Waals surface area contributed by atoms with E-state index >= 15 is 0 Å². The van der Waals surface area contributed by atoms with Gasteiger partial charge in [0.1, 0.15) is 0 Å². The van der Waals surface area contributed by atoms with Gasteiger partial charge in [0.2, 0.25) is 0 Å². The molecule has 3 nitrogen and oxygen atoms in total. The number of nitrogens with one attached hydrogen (secondary N) is 1. The predicted octanol–water partition coefficient (Wildman–Crippen LogP) is 2.38. The predicted molar refractivity (Wildman–Crippen MR) is 78.7 cm³/mol. The second-order valence-electron chi connectivity index (χ2n) is 5.41. The topological polar surface area (TPSA) is 32.3 Å². The molecule has 2 saturated heterocycles. The first-order chi connectivity index (χ1) is 9.26. The Balaban J connectivity index is 1.71. The molecule has 19 heavy (non-hydrogen) atoms. The fourth-order valence-corrected chi connectivity index (χ4v) is 3.45. The molecule has 2 aliphatic rings. The van der Waals surface area contributed by atoms with E-state index < -0.39 is 0 Å². The lowest BCUT2D eigenvalue weighted by molar-refractivity contribution is 0.0748. The molecule has 3 rings (SSSR count). The largest absolute Gasteiger partial charge is 0.337 e. The molecule has 1 aromatic carbocycles. The van der Waals surface area contributed by atoms with E-state index in [4.69, 9.17) is 0 Å². The summed E-state index contributed by atoms with van der Waals surface area (Å²) in [5, 5.41) is 3.61. The lowest BCUT2D eigenvalue weighted by atomic mass is 10.1. The first-order valence-electron chi connectivity index (χ1n) is 6.95. The van der Waals surface area contributed by atoms with Gasteiger partial charge >= 0.3 is 0 Å². The standard InChI is InChI=1S/C15H20N2OS/c1-19-14-6-2-11(3-7-14)15(18)17-9-8-12-4-5-13(10-17)16-12/h2-3,6-7,12-13,16H,4-5,8-10H2,1H3. The van der Waals surface area contributed by atoms with Crippen LogP contribution in [0.15, 0.2) is 29.2 Å². The number of carbonyl (C=O) groups is 1. The van der Waals surface area contributed by atoms with E-state index in [1.54, 1.807) is 11.8 Å². The zero-order valence-corrected chi connectivity index (χ0v) is 12.1. The van der Waals surface area contributed by atoms with Gasteiger partial charge in [0.15, 0.2) is 0 Å². The quantitative estimate of drug-likeness (QED) is 0.842. The second kappa shape index (κ2) is 5.55. The molecule has 2 bridgehead atoms. The Morgan fingerprint density at radius 3 is 2.68 bits per heavy atom. The highest BCUT2D eigenvalue weighted by molar-refractivity contribution is 7.98. The molecule has 102 valence electrons. The smallest absolute Gasteiger partial charge is 0.253 e. The highest BCUT2D eigenvalue weighted by atomic mass is 32.2. The summed E-state index contributed by atoms with van der Waals surface area (Å²) in [6, 6.07) is 9.08. The summed E-state index contributed by atoms with van der Waals surface area (Å²) in [5.74, 6) is 0.182. The number of carbonyl (C=O) groups excluding carboxylic acids is 1. The van der Waals surface area contributed by atoms with Crippen molar-refractivity contribution in [1.82, 2.24) is 10.2 Å². The number of thioether (sulfide) groups is 1. The number of hydrogen-bond acceptors (Lipinski definition) is 3. The van der Waals surface area contributed by atoms with Crippen molar-refractivity contribution in [3.8, 4) is 0 Å². The van der Waals surface area contributed by atoms with Gasteiger partial charge in [0, 0.05) is 35.6 Å². The molecule has 1 amide bonds. The lowest BCUT2D eigenvalue weighted by Crippen LogP contribution is -2.39. The normalized spacial score (nSPS) is 26.3. The molecule has 0 saturated carbocycles. The molecule has 4 heteroatoms. The number of hydrogen-bond donors (Lipinski definition) is 1. The molecule has 2 aliphatic heterocycles. The maximum absolute atomic E-state index is 12.5. The van der Waals surface area contributed by atoms with Crippen LogP contribution in [-0.2, 0) is 0 Å². The van der Waals surface area contributed by atoms with Gasteiger partial charge in [-0.25, -0.2) is 0 Å². The monoisotopic (exact) mass is 276 g/mol. The minimum atomic E-state index is 0.182. The summed E-state index contributed by atoms with van der Waals surface area (Å²) in [6.07, 6.45) is 5.62. The summed E-state index contributed by atoms with van der Waals surface area (Å²) in [4.78, 5) is 15.7. The van der Waals surface area contributed by atoms with Crippen LogP contribution in [0.25, 0.3) is 0 Å². The zero-order chi connectivity index (χ0) is 13.2. The molecule has 0 aliphatic carbocycles. The molecule has 1 aromatic rings. The second-order valence-corrected chi connectivity index (χ2v) is 6.29. The SMILES string of the molecule is CSc1ccc(C(=O)N2CCC3CCC(C2)N3)cc1. The van der Waals surface area contributed by atoms with Crippen LogP contribution in [0.5, 0.6) is 0 Å². The number of fused-ring (bicyclic) bond motifs is 2. The first kappa shape index (κ1) is 13.0. The van der Waals surface area contributed by atoms with Crippen molar-refractivity contribution in [3.63, 3.8) is 0 Å². The van der Waals surface area contributed by atoms with E-state index in [0.717, 1.165) is 25.1 Å². The molecule has 2 heterocycles. The Bertz CT molecular complexity index is 460. The van der Waals surface area contributed by atoms with Crippen LogP contribution in [0.1, 0.15) is 29.6 Å². The maximum atomic E-state index is 12.5. The third-order valence-corrected chi connectivity index (χ3v) is 4.89. The Kier molecular flexibility index (Phi) is 3.80. The lowest BCUT2D eigenvalue weighted by Gasteiger charge is -2.24. The van der Waals surface area contributed by atoms with Crippen molar-refractivity contribution < 1.29 is 4.79 Å². The van der Waals surface area contributed by atoms with Crippen molar-refractivity contribution in [3.05, 3.63) is 29.8 Å². The molecule has 0 spiro atoms. The van der Waals surface area contributed by atoms with Gasteiger partial charge in [-0.05, 0) is 49.8 Å². The average molecular weight is 276 g/mol. The maximum Gasteiger partial charge on any atom is 0.253 e. The van der Waals surface area contributed by atoms with E-state index in [-0.39, 0.29) is 5.91 Å². The van der Waals surface area contributed by atoms with Crippen LogP contribution in [0.2, 0.25) is 0 Å². The van der Waals surface area contributed by atoms with E-state index in [1.165, 1.54) is 17.7 Å². The minimum absolute atomic E-state index is 0.182. The average Bonchev–Trinajstić information content (AvgIpc) is 2.78. The van der Waals surface area contributed by atoms with Gasteiger partial charge < -0.3 is 10.2 Å². The minimum Gasteiger partial charge on any atom is -0.337 e. The Hall–Kier alpha value is -1.00. The molecule has 0 radical (unpaired) electrons. The third kappa shape index (κ3) is 2.79. The molecule has 0 aromatic heterocycles. The van der Waals surface area contributed by atoms with Crippen molar-refractivity contribution in [1.29, 1.82) is 0 Å². The molecule has 2 atom stereocenters. The number of rotatable bonds is 2. The first-order valence-corrected chi connectivity index (χ1v) is 8.18. The van der Waals surface area contributed by atoms with Crippen LogP contribution in [0.3, 0.4) is 0 Å². The number of amides is 1. The Morgan fingerprint density at radius 2 is 1.95 bits per heavy atom. The van der Waals surface area contributed by atoms with E-state index in [9.17, 15) is 4.79 Å². The number of benzene rings is 1. The van der Waals surface area contributed by atoms with Gasteiger partial charge in [0.05, 0.1) is 0 Å². The Labute approximate surface area is 118 Å².